The first kappa shape index (κ1) is 13.6. The van der Waals surface area contributed by atoms with Gasteiger partial charge in [0.1, 0.15) is 5.56 Å². The number of hydrogen-bond acceptors (Lipinski definition) is 3. The molecule has 2 rings (SSSR count). The summed E-state index contributed by atoms with van der Waals surface area (Å²) < 4.78 is 0. The van der Waals surface area contributed by atoms with Crippen LogP contribution in [0.3, 0.4) is 0 Å². The number of nitrogens with one attached hydrogen (secondary N) is 2. The first-order valence-electron chi connectivity index (χ1n) is 6.07. The Balaban J connectivity index is 2.09. The number of amides is 1. The molecule has 0 saturated carbocycles. The van der Waals surface area contributed by atoms with Crippen molar-refractivity contribution in [1.29, 1.82) is 5.26 Å². The highest BCUT2D eigenvalue weighted by atomic mass is 16.2. The van der Waals surface area contributed by atoms with E-state index in [9.17, 15) is 9.59 Å². The highest BCUT2D eigenvalue weighted by molar-refractivity contribution is 5.93. The van der Waals surface area contributed by atoms with Crippen molar-refractivity contribution in [1.82, 2.24) is 10.3 Å². The Morgan fingerprint density at radius 2 is 2.20 bits per heavy atom. The Labute approximate surface area is 115 Å². The average molecular weight is 267 g/mol. The Morgan fingerprint density at radius 1 is 1.40 bits per heavy atom. The van der Waals surface area contributed by atoms with Crippen molar-refractivity contribution in [3.05, 3.63) is 69.1 Å². The van der Waals surface area contributed by atoms with Gasteiger partial charge in [0, 0.05) is 24.5 Å². The van der Waals surface area contributed by atoms with Gasteiger partial charge in [0.15, 0.2) is 5.43 Å². The maximum Gasteiger partial charge on any atom is 0.257 e. The van der Waals surface area contributed by atoms with Crippen molar-refractivity contribution in [2.75, 3.05) is 0 Å². The van der Waals surface area contributed by atoms with E-state index in [4.69, 9.17) is 5.26 Å². The number of carbonyl (C=O) groups is 1. The standard InChI is InChI=1S/C15H13N3O2/c1-10-5-14(19)13(9-17-10)15(20)18-8-12-4-2-3-11(6-12)7-16/h2-6,9H,8H2,1H3,(H,17,19)(H,18,20). The van der Waals surface area contributed by atoms with Crippen molar-refractivity contribution in [3.8, 4) is 6.07 Å². The van der Waals surface area contributed by atoms with E-state index in [1.807, 2.05) is 6.07 Å². The number of H-pyrrole nitrogens is 1. The third-order valence-corrected chi connectivity index (χ3v) is 2.81. The summed E-state index contributed by atoms with van der Waals surface area (Å²) in [7, 11) is 0. The van der Waals surface area contributed by atoms with E-state index in [0.717, 1.165) is 5.56 Å². The molecule has 0 aliphatic heterocycles. The van der Waals surface area contributed by atoms with E-state index >= 15 is 0 Å². The summed E-state index contributed by atoms with van der Waals surface area (Å²) in [6.45, 7) is 2.01. The van der Waals surface area contributed by atoms with Crippen LogP contribution in [0.4, 0.5) is 0 Å². The van der Waals surface area contributed by atoms with Crippen LogP contribution in [0.1, 0.15) is 27.2 Å². The summed E-state index contributed by atoms with van der Waals surface area (Å²) in [4.78, 5) is 26.4. The van der Waals surface area contributed by atoms with Gasteiger partial charge < -0.3 is 10.3 Å². The molecule has 1 aromatic carbocycles. The molecule has 0 aliphatic carbocycles. The zero-order chi connectivity index (χ0) is 14.5. The number of hydrogen-bond donors (Lipinski definition) is 2. The molecular formula is C15H13N3O2. The first-order valence-corrected chi connectivity index (χ1v) is 6.07. The molecule has 1 aromatic heterocycles. The number of benzene rings is 1. The van der Waals surface area contributed by atoms with E-state index < -0.39 is 5.91 Å². The van der Waals surface area contributed by atoms with Crippen LogP contribution in [0.2, 0.25) is 0 Å². The lowest BCUT2D eigenvalue weighted by Crippen LogP contribution is -2.28. The number of nitrogens with zero attached hydrogens (tertiary/aromatic N) is 1. The van der Waals surface area contributed by atoms with Crippen molar-refractivity contribution >= 4 is 5.91 Å². The van der Waals surface area contributed by atoms with Gasteiger partial charge in [-0.3, -0.25) is 9.59 Å². The highest BCUT2D eigenvalue weighted by Crippen LogP contribution is 2.04. The number of pyridine rings is 1. The molecule has 0 saturated heterocycles. The summed E-state index contributed by atoms with van der Waals surface area (Å²) >= 11 is 0. The summed E-state index contributed by atoms with van der Waals surface area (Å²) in [5.41, 5.74) is 1.80. The number of aromatic nitrogens is 1. The number of aromatic amines is 1. The number of aryl methyl sites for hydroxylation is 1. The van der Waals surface area contributed by atoms with Crippen LogP contribution in [0.5, 0.6) is 0 Å². The molecule has 0 radical (unpaired) electrons. The molecule has 0 spiro atoms. The van der Waals surface area contributed by atoms with Gasteiger partial charge in [-0.05, 0) is 24.6 Å². The zero-order valence-electron chi connectivity index (χ0n) is 10.9. The molecule has 0 bridgehead atoms. The summed E-state index contributed by atoms with van der Waals surface area (Å²) in [6, 6.07) is 10.4. The quantitative estimate of drug-likeness (QED) is 0.883. The normalized spacial score (nSPS) is 9.80. The molecule has 20 heavy (non-hydrogen) atoms. The first-order chi connectivity index (χ1) is 9.60. The maximum absolute atomic E-state index is 11.9. The van der Waals surface area contributed by atoms with Crippen LogP contribution in [0.25, 0.3) is 0 Å². The van der Waals surface area contributed by atoms with Gasteiger partial charge in [-0.2, -0.15) is 5.26 Å². The molecule has 5 nitrogen and oxygen atoms in total. The van der Waals surface area contributed by atoms with Crippen molar-refractivity contribution in [2.45, 2.75) is 13.5 Å². The van der Waals surface area contributed by atoms with Crippen LogP contribution < -0.4 is 10.7 Å². The molecule has 0 atom stereocenters. The van der Waals surface area contributed by atoms with E-state index in [1.54, 1.807) is 31.2 Å². The Hall–Kier alpha value is -2.87. The van der Waals surface area contributed by atoms with Crippen LogP contribution in [-0.4, -0.2) is 10.9 Å². The molecule has 2 N–H and O–H groups in total. The number of nitriles is 1. The molecule has 100 valence electrons. The van der Waals surface area contributed by atoms with Gasteiger partial charge in [0.05, 0.1) is 11.6 Å². The Bertz CT molecular complexity index is 741. The topological polar surface area (TPSA) is 85.8 Å². The van der Waals surface area contributed by atoms with Gasteiger partial charge in [0.2, 0.25) is 0 Å². The Kier molecular flexibility index (Phi) is 3.96. The fourth-order valence-corrected chi connectivity index (χ4v) is 1.78. The summed E-state index contributed by atoms with van der Waals surface area (Å²) in [5, 5.41) is 11.5. The second-order valence-electron chi connectivity index (χ2n) is 4.39. The van der Waals surface area contributed by atoms with E-state index in [2.05, 4.69) is 10.3 Å². The average Bonchev–Trinajstić information content (AvgIpc) is 2.45. The third-order valence-electron chi connectivity index (χ3n) is 2.81. The fourth-order valence-electron chi connectivity index (χ4n) is 1.78. The Morgan fingerprint density at radius 3 is 2.90 bits per heavy atom. The minimum absolute atomic E-state index is 0.0760. The second kappa shape index (κ2) is 5.85. The van der Waals surface area contributed by atoms with Gasteiger partial charge in [0.25, 0.3) is 5.91 Å². The lowest BCUT2D eigenvalue weighted by Gasteiger charge is -2.05. The minimum atomic E-state index is -0.436. The predicted molar refractivity (Wildman–Crippen MR) is 74.1 cm³/mol. The molecule has 0 fully saturated rings. The molecule has 1 heterocycles. The van der Waals surface area contributed by atoms with Gasteiger partial charge >= 0.3 is 0 Å². The maximum atomic E-state index is 11.9. The van der Waals surface area contributed by atoms with Crippen LogP contribution in [0.15, 0.2) is 41.3 Å². The monoisotopic (exact) mass is 267 g/mol. The number of rotatable bonds is 3. The lowest BCUT2D eigenvalue weighted by atomic mass is 10.1. The predicted octanol–water partition coefficient (Wildman–Crippen LogP) is 1.48. The van der Waals surface area contributed by atoms with Crippen LogP contribution in [0, 0.1) is 18.3 Å². The molecule has 1 amide bonds. The second-order valence-corrected chi connectivity index (χ2v) is 4.39. The minimum Gasteiger partial charge on any atom is -0.364 e. The molecule has 2 aromatic rings. The van der Waals surface area contributed by atoms with E-state index in [1.165, 1.54) is 12.3 Å². The number of carbonyl (C=O) groups excluding carboxylic acids is 1. The molecular weight excluding hydrogens is 254 g/mol. The molecule has 0 unspecified atom stereocenters. The molecule has 5 heteroatoms. The van der Waals surface area contributed by atoms with Crippen molar-refractivity contribution < 1.29 is 4.79 Å². The van der Waals surface area contributed by atoms with Crippen LogP contribution in [-0.2, 0) is 6.54 Å². The SMILES string of the molecule is Cc1cc(=O)c(C(=O)NCc2cccc(C#N)c2)c[nH]1. The lowest BCUT2D eigenvalue weighted by molar-refractivity contribution is 0.0949. The van der Waals surface area contributed by atoms with E-state index in [0.29, 0.717) is 11.3 Å². The molecule has 0 aliphatic rings. The largest absolute Gasteiger partial charge is 0.364 e. The van der Waals surface area contributed by atoms with Crippen molar-refractivity contribution in [3.63, 3.8) is 0 Å². The summed E-state index contributed by atoms with van der Waals surface area (Å²) in [5.74, 6) is -0.436. The zero-order valence-corrected chi connectivity index (χ0v) is 10.9. The van der Waals surface area contributed by atoms with Gasteiger partial charge in [-0.25, -0.2) is 0 Å². The fraction of sp³-hybridized carbons (Fsp3) is 0.133. The van der Waals surface area contributed by atoms with Crippen molar-refractivity contribution in [2.24, 2.45) is 0 Å². The van der Waals surface area contributed by atoms with Crippen LogP contribution >= 0.6 is 0 Å². The third kappa shape index (κ3) is 3.12. The highest BCUT2D eigenvalue weighted by Gasteiger charge is 2.09. The smallest absolute Gasteiger partial charge is 0.257 e. The summed E-state index contributed by atoms with van der Waals surface area (Å²) in [6.07, 6.45) is 1.40. The van der Waals surface area contributed by atoms with E-state index in [-0.39, 0.29) is 17.5 Å². The van der Waals surface area contributed by atoms with Gasteiger partial charge in [-0.1, -0.05) is 12.1 Å². The van der Waals surface area contributed by atoms with Gasteiger partial charge in [-0.15, -0.1) is 0 Å².